The summed E-state index contributed by atoms with van der Waals surface area (Å²) >= 11 is 0. The molecule has 0 fully saturated rings. The van der Waals surface area contributed by atoms with Gasteiger partial charge >= 0.3 is 0 Å². The van der Waals surface area contributed by atoms with Gasteiger partial charge < -0.3 is 0 Å². The summed E-state index contributed by atoms with van der Waals surface area (Å²) in [5.41, 5.74) is 0.844. The minimum Gasteiger partial charge on any atom is -0.300 e. The second-order valence-electron chi connectivity index (χ2n) is 4.56. The quantitative estimate of drug-likeness (QED) is 0.681. The minimum absolute atomic E-state index is 0.0294. The topological polar surface area (TPSA) is 34.9 Å². The van der Waals surface area contributed by atoms with Crippen molar-refractivity contribution in [2.24, 2.45) is 7.05 Å². The van der Waals surface area contributed by atoms with Gasteiger partial charge in [0.2, 0.25) is 0 Å². The zero-order valence-corrected chi connectivity index (χ0v) is 9.59. The van der Waals surface area contributed by atoms with E-state index in [9.17, 15) is 4.79 Å². The Morgan fingerprint density at radius 3 is 2.43 bits per heavy atom. The first kappa shape index (κ1) is 11.0. The fourth-order valence-electron chi connectivity index (χ4n) is 1.29. The van der Waals surface area contributed by atoms with Crippen LogP contribution in [0.5, 0.6) is 0 Å². The van der Waals surface area contributed by atoms with E-state index in [0.717, 1.165) is 17.9 Å². The maximum absolute atomic E-state index is 11.6. The molecule has 3 heteroatoms. The fraction of sp³-hybridized carbons (Fsp3) is 0.636. The highest BCUT2D eigenvalue weighted by atomic mass is 16.1. The van der Waals surface area contributed by atoms with Crippen molar-refractivity contribution >= 4 is 0 Å². The lowest BCUT2D eigenvalue weighted by Gasteiger charge is -2.19. The number of hydrogen-bond donors (Lipinski definition) is 0. The third kappa shape index (κ3) is 2.03. The Morgan fingerprint density at radius 2 is 2.00 bits per heavy atom. The van der Waals surface area contributed by atoms with Gasteiger partial charge in [0, 0.05) is 24.9 Å². The Hall–Kier alpha value is -1.12. The molecule has 0 N–H and O–H groups in total. The van der Waals surface area contributed by atoms with Crippen LogP contribution in [0.2, 0.25) is 0 Å². The molecule has 3 nitrogen and oxygen atoms in total. The maximum atomic E-state index is 11.6. The lowest BCUT2D eigenvalue weighted by atomic mass is 9.92. The highest BCUT2D eigenvalue weighted by molar-refractivity contribution is 5.13. The molecule has 14 heavy (non-hydrogen) atoms. The number of rotatable bonds is 1. The Kier molecular flexibility index (Phi) is 2.79. The predicted octanol–water partition coefficient (Wildman–Crippen LogP) is 1.64. The molecule has 0 aliphatic rings. The van der Waals surface area contributed by atoms with Crippen LogP contribution in [0, 0.1) is 0 Å². The molecule has 0 aliphatic carbocycles. The van der Waals surface area contributed by atoms with Gasteiger partial charge in [0.05, 0.1) is 5.69 Å². The highest BCUT2D eigenvalue weighted by Gasteiger charge is 2.17. The Bertz CT molecular complexity index is 385. The van der Waals surface area contributed by atoms with Gasteiger partial charge in [-0.3, -0.25) is 9.36 Å². The van der Waals surface area contributed by atoms with E-state index in [1.54, 1.807) is 17.7 Å². The van der Waals surface area contributed by atoms with Crippen LogP contribution in [-0.4, -0.2) is 9.55 Å². The second-order valence-corrected chi connectivity index (χ2v) is 4.56. The van der Waals surface area contributed by atoms with Crippen molar-refractivity contribution < 1.29 is 0 Å². The summed E-state index contributed by atoms with van der Waals surface area (Å²) in [6, 6.07) is 1.62. The molecule has 1 rings (SSSR count). The van der Waals surface area contributed by atoms with E-state index in [0.29, 0.717) is 0 Å². The largest absolute Gasteiger partial charge is 0.300 e. The van der Waals surface area contributed by atoms with Gasteiger partial charge in [-0.15, -0.1) is 0 Å². The van der Waals surface area contributed by atoms with Gasteiger partial charge in [0.1, 0.15) is 5.82 Å². The number of nitrogens with zero attached hydrogens (tertiary/aromatic N) is 2. The predicted molar refractivity (Wildman–Crippen MR) is 57.6 cm³/mol. The molecule has 0 saturated heterocycles. The van der Waals surface area contributed by atoms with Crippen LogP contribution in [0.15, 0.2) is 10.9 Å². The maximum Gasteiger partial charge on any atom is 0.253 e. The van der Waals surface area contributed by atoms with E-state index in [-0.39, 0.29) is 11.0 Å². The van der Waals surface area contributed by atoms with E-state index < -0.39 is 0 Å². The average molecular weight is 194 g/mol. The molecule has 0 aromatic carbocycles. The molecule has 1 aromatic rings. The Balaban J connectivity index is 3.38. The van der Waals surface area contributed by atoms with Crippen molar-refractivity contribution in [3.05, 3.63) is 27.9 Å². The summed E-state index contributed by atoms with van der Waals surface area (Å²) in [6.07, 6.45) is 0.787. The standard InChI is InChI=1S/C11H18N2O/c1-6-9-12-8(11(2,3)4)7-10(14)13(9)5/h7H,6H2,1-5H3. The smallest absolute Gasteiger partial charge is 0.253 e. The molecule has 0 spiro atoms. The first-order chi connectivity index (χ1) is 6.36. The summed E-state index contributed by atoms with van der Waals surface area (Å²) in [5.74, 6) is 0.849. The van der Waals surface area contributed by atoms with E-state index in [1.165, 1.54) is 0 Å². The summed E-state index contributed by atoms with van der Waals surface area (Å²) < 4.78 is 1.61. The Labute approximate surface area is 84.8 Å². The number of aryl methyl sites for hydroxylation is 1. The van der Waals surface area contributed by atoms with Gasteiger partial charge in [-0.2, -0.15) is 0 Å². The molecule has 1 aromatic heterocycles. The lowest BCUT2D eigenvalue weighted by Crippen LogP contribution is -2.26. The summed E-state index contributed by atoms with van der Waals surface area (Å²) in [5, 5.41) is 0. The van der Waals surface area contributed by atoms with E-state index in [1.807, 2.05) is 6.92 Å². The zero-order chi connectivity index (χ0) is 10.9. The monoisotopic (exact) mass is 194 g/mol. The molecule has 0 atom stereocenters. The molecule has 0 saturated carbocycles. The first-order valence-electron chi connectivity index (χ1n) is 4.93. The van der Waals surface area contributed by atoms with Crippen LogP contribution >= 0.6 is 0 Å². The van der Waals surface area contributed by atoms with Gasteiger partial charge in [-0.05, 0) is 0 Å². The first-order valence-corrected chi connectivity index (χ1v) is 4.93. The van der Waals surface area contributed by atoms with Crippen molar-refractivity contribution in [3.8, 4) is 0 Å². The van der Waals surface area contributed by atoms with Crippen molar-refractivity contribution in [3.63, 3.8) is 0 Å². The van der Waals surface area contributed by atoms with Crippen LogP contribution in [0.4, 0.5) is 0 Å². The second kappa shape index (κ2) is 3.56. The normalized spacial score (nSPS) is 11.8. The molecule has 1 heterocycles. The molecular formula is C11H18N2O. The third-order valence-corrected chi connectivity index (χ3v) is 2.31. The third-order valence-electron chi connectivity index (χ3n) is 2.31. The average Bonchev–Trinajstić information content (AvgIpc) is 2.07. The van der Waals surface area contributed by atoms with Crippen LogP contribution in [0.25, 0.3) is 0 Å². The number of aromatic nitrogens is 2. The van der Waals surface area contributed by atoms with E-state index in [4.69, 9.17) is 0 Å². The molecule has 0 bridgehead atoms. The van der Waals surface area contributed by atoms with Crippen molar-refractivity contribution in [1.82, 2.24) is 9.55 Å². The molecule has 0 amide bonds. The molecule has 0 aliphatic heterocycles. The fourth-order valence-corrected chi connectivity index (χ4v) is 1.29. The van der Waals surface area contributed by atoms with Gasteiger partial charge in [-0.1, -0.05) is 27.7 Å². The van der Waals surface area contributed by atoms with Gasteiger partial charge in [-0.25, -0.2) is 4.98 Å². The van der Waals surface area contributed by atoms with Crippen LogP contribution < -0.4 is 5.56 Å². The molecule has 0 unspecified atom stereocenters. The Morgan fingerprint density at radius 1 is 1.43 bits per heavy atom. The van der Waals surface area contributed by atoms with E-state index >= 15 is 0 Å². The van der Waals surface area contributed by atoms with Crippen molar-refractivity contribution in [1.29, 1.82) is 0 Å². The summed E-state index contributed by atoms with van der Waals surface area (Å²) in [6.45, 7) is 8.20. The van der Waals surface area contributed by atoms with Crippen molar-refractivity contribution in [2.45, 2.75) is 39.5 Å². The minimum atomic E-state index is -0.0582. The van der Waals surface area contributed by atoms with Gasteiger partial charge in [0.25, 0.3) is 5.56 Å². The summed E-state index contributed by atoms with van der Waals surface area (Å²) in [4.78, 5) is 16.1. The number of hydrogen-bond acceptors (Lipinski definition) is 2. The SMILES string of the molecule is CCc1nc(C(C)(C)C)cc(=O)n1C. The summed E-state index contributed by atoms with van der Waals surface area (Å²) in [7, 11) is 1.76. The molecule has 0 radical (unpaired) electrons. The van der Waals surface area contributed by atoms with Crippen molar-refractivity contribution in [2.75, 3.05) is 0 Å². The van der Waals surface area contributed by atoms with Gasteiger partial charge in [0.15, 0.2) is 0 Å². The van der Waals surface area contributed by atoms with Crippen LogP contribution in [0.1, 0.15) is 39.2 Å². The highest BCUT2D eigenvalue weighted by Crippen LogP contribution is 2.18. The lowest BCUT2D eigenvalue weighted by molar-refractivity contribution is 0.551. The van der Waals surface area contributed by atoms with Crippen LogP contribution in [-0.2, 0) is 18.9 Å². The van der Waals surface area contributed by atoms with E-state index in [2.05, 4.69) is 25.8 Å². The van der Waals surface area contributed by atoms with Crippen LogP contribution in [0.3, 0.4) is 0 Å². The molecular weight excluding hydrogens is 176 g/mol. The zero-order valence-electron chi connectivity index (χ0n) is 9.59. The molecule has 78 valence electrons.